The van der Waals surface area contributed by atoms with E-state index in [-0.39, 0.29) is 11.8 Å². The zero-order chi connectivity index (χ0) is 20.1. The van der Waals surface area contributed by atoms with Gasteiger partial charge < -0.3 is 10.2 Å². The predicted octanol–water partition coefficient (Wildman–Crippen LogP) is 3.19. The van der Waals surface area contributed by atoms with Gasteiger partial charge in [0.1, 0.15) is 0 Å². The number of amides is 1. The van der Waals surface area contributed by atoms with Gasteiger partial charge in [-0.15, -0.1) is 11.3 Å². The molecule has 1 aliphatic rings. The van der Waals surface area contributed by atoms with E-state index in [1.165, 1.54) is 0 Å². The van der Waals surface area contributed by atoms with Crippen LogP contribution in [-0.2, 0) is 4.79 Å². The van der Waals surface area contributed by atoms with Gasteiger partial charge in [0.05, 0.1) is 16.4 Å². The molecule has 1 fully saturated rings. The third-order valence-electron chi connectivity index (χ3n) is 4.68. The van der Waals surface area contributed by atoms with Crippen molar-refractivity contribution in [3.05, 3.63) is 58.7 Å². The summed E-state index contributed by atoms with van der Waals surface area (Å²) in [6.07, 6.45) is 11.9. The van der Waals surface area contributed by atoms with Crippen LogP contribution in [0.1, 0.15) is 35.2 Å². The van der Waals surface area contributed by atoms with Crippen LogP contribution >= 0.6 is 11.3 Å². The lowest BCUT2D eigenvalue weighted by molar-refractivity contribution is -0.127. The average Bonchev–Trinajstić information content (AvgIpc) is 3.18. The van der Waals surface area contributed by atoms with Crippen molar-refractivity contribution in [1.82, 2.24) is 29.8 Å². The van der Waals surface area contributed by atoms with Gasteiger partial charge in [0.25, 0.3) is 0 Å². The first-order chi connectivity index (χ1) is 14.2. The Hall–Kier alpha value is -3.20. The summed E-state index contributed by atoms with van der Waals surface area (Å²) < 4.78 is 0. The van der Waals surface area contributed by atoms with Crippen LogP contribution in [0, 0.1) is 6.92 Å². The Morgan fingerprint density at radius 2 is 2.03 bits per heavy atom. The van der Waals surface area contributed by atoms with E-state index in [0.29, 0.717) is 18.3 Å². The van der Waals surface area contributed by atoms with Gasteiger partial charge in [-0.3, -0.25) is 9.78 Å². The fraction of sp³-hybridized carbons (Fsp3) is 0.300. The van der Waals surface area contributed by atoms with Gasteiger partial charge in [-0.25, -0.2) is 19.9 Å². The minimum atomic E-state index is -0.00912. The van der Waals surface area contributed by atoms with Gasteiger partial charge in [0.15, 0.2) is 5.82 Å². The summed E-state index contributed by atoms with van der Waals surface area (Å²) >= 11 is 1.57. The van der Waals surface area contributed by atoms with Crippen molar-refractivity contribution < 1.29 is 4.79 Å². The van der Waals surface area contributed by atoms with Gasteiger partial charge in [-0.2, -0.15) is 0 Å². The minimum absolute atomic E-state index is 0.00912. The molecule has 4 rings (SSSR count). The topological polar surface area (TPSA) is 96.8 Å². The van der Waals surface area contributed by atoms with E-state index in [2.05, 4.69) is 30.2 Å². The van der Waals surface area contributed by atoms with Crippen LogP contribution in [0.25, 0.3) is 6.08 Å². The molecule has 29 heavy (non-hydrogen) atoms. The number of carbonyl (C=O) groups is 1. The van der Waals surface area contributed by atoms with Gasteiger partial charge in [0.2, 0.25) is 11.9 Å². The maximum absolute atomic E-state index is 12.7. The molecule has 1 saturated heterocycles. The molecule has 4 heterocycles. The lowest BCUT2D eigenvalue weighted by Crippen LogP contribution is -2.38. The number of anilines is 2. The van der Waals surface area contributed by atoms with Crippen molar-refractivity contribution in [1.29, 1.82) is 0 Å². The number of rotatable bonds is 5. The van der Waals surface area contributed by atoms with Crippen LogP contribution in [-0.4, -0.2) is 48.8 Å². The molecule has 3 aromatic heterocycles. The van der Waals surface area contributed by atoms with Crippen LogP contribution in [0.2, 0.25) is 0 Å². The third kappa shape index (κ3) is 4.80. The van der Waals surface area contributed by atoms with Crippen LogP contribution < -0.4 is 5.32 Å². The van der Waals surface area contributed by atoms with E-state index in [1.54, 1.807) is 54.3 Å². The van der Waals surface area contributed by atoms with E-state index in [9.17, 15) is 4.79 Å². The second kappa shape index (κ2) is 8.87. The number of aromatic nitrogens is 5. The molecule has 148 valence electrons. The molecular formula is C20H21N7OS. The van der Waals surface area contributed by atoms with Gasteiger partial charge in [-0.1, -0.05) is 0 Å². The predicted molar refractivity (Wildman–Crippen MR) is 112 cm³/mol. The summed E-state index contributed by atoms with van der Waals surface area (Å²) in [5, 5.41) is 6.07. The summed E-state index contributed by atoms with van der Waals surface area (Å²) in [5.74, 6) is 1.19. The first kappa shape index (κ1) is 19.1. The van der Waals surface area contributed by atoms with Crippen molar-refractivity contribution in [3.63, 3.8) is 0 Å². The third-order valence-corrected chi connectivity index (χ3v) is 5.47. The molecular weight excluding hydrogens is 386 g/mol. The van der Waals surface area contributed by atoms with Crippen LogP contribution in [0.3, 0.4) is 0 Å². The van der Waals surface area contributed by atoms with Gasteiger partial charge >= 0.3 is 0 Å². The normalized spacial score (nSPS) is 16.9. The Morgan fingerprint density at radius 1 is 1.21 bits per heavy atom. The molecule has 9 heteroatoms. The second-order valence-corrected chi connectivity index (χ2v) is 7.80. The van der Waals surface area contributed by atoms with Crippen molar-refractivity contribution in [2.45, 2.75) is 25.7 Å². The molecule has 8 nitrogen and oxygen atoms in total. The van der Waals surface area contributed by atoms with E-state index in [4.69, 9.17) is 0 Å². The van der Waals surface area contributed by atoms with Crippen molar-refractivity contribution in [2.75, 3.05) is 18.4 Å². The van der Waals surface area contributed by atoms with Crippen molar-refractivity contribution in [2.24, 2.45) is 0 Å². The van der Waals surface area contributed by atoms with Gasteiger partial charge in [-0.05, 0) is 31.9 Å². The summed E-state index contributed by atoms with van der Waals surface area (Å²) in [6, 6.07) is 1.76. The SMILES string of the molecule is Cc1nc(/C=C/C(=O)N2CCCC(c3nccnc3Nc3ncccn3)C2)cs1. The molecule has 0 radical (unpaired) electrons. The van der Waals surface area contributed by atoms with Crippen LogP contribution in [0.4, 0.5) is 11.8 Å². The van der Waals surface area contributed by atoms with E-state index in [1.807, 2.05) is 17.2 Å². The van der Waals surface area contributed by atoms with E-state index >= 15 is 0 Å². The van der Waals surface area contributed by atoms with E-state index in [0.717, 1.165) is 35.8 Å². The van der Waals surface area contributed by atoms with Crippen molar-refractivity contribution >= 4 is 35.1 Å². The number of thiazole rings is 1. The molecule has 0 saturated carbocycles. The standard InChI is InChI=1S/C20H21N7OS/c1-14-25-16(13-29-14)5-6-17(28)27-11-2-4-15(12-27)18-19(22-10-9-21-18)26-20-23-7-3-8-24-20/h3,5-10,13,15H,2,4,11-12H2,1H3,(H,22,23,24,26)/b6-5+. The molecule has 0 spiro atoms. The number of piperidine rings is 1. The van der Waals surface area contributed by atoms with Gasteiger partial charge in [0, 0.05) is 55.3 Å². The highest BCUT2D eigenvalue weighted by atomic mass is 32.1. The minimum Gasteiger partial charge on any atom is -0.338 e. The fourth-order valence-corrected chi connectivity index (χ4v) is 3.91. The maximum atomic E-state index is 12.7. The smallest absolute Gasteiger partial charge is 0.246 e. The Balaban J connectivity index is 1.47. The van der Waals surface area contributed by atoms with Crippen molar-refractivity contribution in [3.8, 4) is 0 Å². The summed E-state index contributed by atoms with van der Waals surface area (Å²) in [5.41, 5.74) is 1.65. The second-order valence-electron chi connectivity index (χ2n) is 6.74. The molecule has 0 aliphatic carbocycles. The van der Waals surface area contributed by atoms with E-state index < -0.39 is 0 Å². The molecule has 1 atom stereocenters. The number of aryl methyl sites for hydroxylation is 1. The Bertz CT molecular complexity index is 1000. The molecule has 3 aromatic rings. The quantitative estimate of drug-likeness (QED) is 0.649. The first-order valence-electron chi connectivity index (χ1n) is 9.43. The highest BCUT2D eigenvalue weighted by Gasteiger charge is 2.27. The molecule has 1 unspecified atom stereocenters. The molecule has 0 bridgehead atoms. The number of hydrogen-bond donors (Lipinski definition) is 1. The highest BCUT2D eigenvalue weighted by molar-refractivity contribution is 7.09. The zero-order valence-corrected chi connectivity index (χ0v) is 16.8. The number of likely N-dealkylation sites (tertiary alicyclic amines) is 1. The number of nitrogens with one attached hydrogen (secondary N) is 1. The summed E-state index contributed by atoms with van der Waals surface area (Å²) in [6.45, 7) is 3.29. The zero-order valence-electron chi connectivity index (χ0n) is 16.0. The lowest BCUT2D eigenvalue weighted by atomic mass is 9.94. The Kier molecular flexibility index (Phi) is 5.85. The molecule has 1 N–H and O–H groups in total. The largest absolute Gasteiger partial charge is 0.338 e. The van der Waals surface area contributed by atoms with Crippen LogP contribution in [0.5, 0.6) is 0 Å². The monoisotopic (exact) mass is 407 g/mol. The number of nitrogens with zero attached hydrogens (tertiary/aromatic N) is 6. The summed E-state index contributed by atoms with van der Waals surface area (Å²) in [7, 11) is 0. The highest BCUT2D eigenvalue weighted by Crippen LogP contribution is 2.30. The average molecular weight is 408 g/mol. The molecule has 1 amide bonds. The number of hydrogen-bond acceptors (Lipinski definition) is 8. The molecule has 0 aromatic carbocycles. The Labute approximate surface area is 172 Å². The maximum Gasteiger partial charge on any atom is 0.246 e. The van der Waals surface area contributed by atoms with Crippen LogP contribution in [0.15, 0.2) is 42.3 Å². The molecule has 1 aliphatic heterocycles. The lowest BCUT2D eigenvalue weighted by Gasteiger charge is -2.32. The summed E-state index contributed by atoms with van der Waals surface area (Å²) in [4.78, 5) is 36.2. The fourth-order valence-electron chi connectivity index (χ4n) is 3.33. The first-order valence-corrected chi connectivity index (χ1v) is 10.3. The number of carbonyl (C=O) groups excluding carboxylic acids is 1. The Morgan fingerprint density at radius 3 is 2.83 bits per heavy atom.